The number of hydrogen-bond acceptors (Lipinski definition) is 4. The van der Waals surface area contributed by atoms with E-state index in [0.29, 0.717) is 23.5 Å². The van der Waals surface area contributed by atoms with Crippen molar-refractivity contribution in [2.75, 3.05) is 0 Å². The zero-order valence-electron chi connectivity index (χ0n) is 9.48. The minimum atomic E-state index is -0.258. The molecule has 0 radical (unpaired) electrons. The molecule has 0 aliphatic heterocycles. The third-order valence-electron chi connectivity index (χ3n) is 2.77. The largest absolute Gasteiger partial charge is 0.361 e. The number of H-pyrrole nitrogens is 1. The van der Waals surface area contributed by atoms with Gasteiger partial charge in [-0.15, -0.1) is 0 Å². The van der Waals surface area contributed by atoms with Gasteiger partial charge in [0.1, 0.15) is 5.82 Å². The number of nitrogens with zero attached hydrogens (tertiary/aromatic N) is 2. The van der Waals surface area contributed by atoms with Gasteiger partial charge in [0.2, 0.25) is 5.89 Å². The topological polar surface area (TPSA) is 80.7 Å². The minimum absolute atomic E-state index is 0.204. The monoisotopic (exact) mass is 246 g/mol. The van der Waals surface area contributed by atoms with E-state index >= 15 is 0 Å². The molecule has 18 heavy (non-hydrogen) atoms. The van der Waals surface area contributed by atoms with E-state index in [1.807, 2.05) is 6.07 Å². The Kier molecular flexibility index (Phi) is 2.56. The average molecular weight is 246 g/mol. The molecule has 0 aliphatic rings. The van der Waals surface area contributed by atoms with Crippen molar-refractivity contribution in [1.29, 1.82) is 0 Å². The van der Waals surface area contributed by atoms with Crippen molar-refractivity contribution >= 4 is 10.9 Å². The molecule has 2 aromatic heterocycles. The van der Waals surface area contributed by atoms with E-state index in [-0.39, 0.29) is 12.4 Å². The number of hydrogen-bond donors (Lipinski definition) is 2. The summed E-state index contributed by atoms with van der Waals surface area (Å²) in [7, 11) is 0. The second-order valence-electron chi connectivity index (χ2n) is 3.96. The zero-order chi connectivity index (χ0) is 12.5. The lowest BCUT2D eigenvalue weighted by molar-refractivity contribution is 0.375. The first-order valence-corrected chi connectivity index (χ1v) is 5.54. The van der Waals surface area contributed by atoms with Crippen LogP contribution >= 0.6 is 0 Å². The van der Waals surface area contributed by atoms with Crippen molar-refractivity contribution < 1.29 is 8.91 Å². The van der Waals surface area contributed by atoms with Gasteiger partial charge in [0.25, 0.3) is 0 Å². The second-order valence-corrected chi connectivity index (χ2v) is 3.96. The zero-order valence-corrected chi connectivity index (χ0v) is 9.48. The molecule has 0 amide bonds. The lowest BCUT2D eigenvalue weighted by Crippen LogP contribution is -1.97. The van der Waals surface area contributed by atoms with Crippen molar-refractivity contribution in [3.63, 3.8) is 0 Å². The van der Waals surface area contributed by atoms with Gasteiger partial charge in [-0.2, -0.15) is 4.98 Å². The maximum Gasteiger partial charge on any atom is 0.240 e. The van der Waals surface area contributed by atoms with Crippen molar-refractivity contribution in [2.24, 2.45) is 5.73 Å². The smallest absolute Gasteiger partial charge is 0.240 e. The van der Waals surface area contributed by atoms with Crippen LogP contribution in [0.2, 0.25) is 0 Å². The summed E-state index contributed by atoms with van der Waals surface area (Å²) in [6.45, 7) is 0.204. The van der Waals surface area contributed by atoms with Crippen molar-refractivity contribution in [3.05, 3.63) is 47.5 Å². The highest BCUT2D eigenvalue weighted by atomic mass is 19.1. The van der Waals surface area contributed by atoms with Crippen LogP contribution in [0.4, 0.5) is 4.39 Å². The third kappa shape index (κ3) is 1.76. The number of aromatic amines is 1. The van der Waals surface area contributed by atoms with Crippen LogP contribution in [0.3, 0.4) is 0 Å². The van der Waals surface area contributed by atoms with Crippen molar-refractivity contribution in [2.45, 2.75) is 13.0 Å². The average Bonchev–Trinajstić information content (AvgIpc) is 2.98. The summed E-state index contributed by atoms with van der Waals surface area (Å²) in [5, 5.41) is 4.36. The minimum Gasteiger partial charge on any atom is -0.361 e. The summed E-state index contributed by atoms with van der Waals surface area (Å²) in [5.74, 6) is 0.621. The van der Waals surface area contributed by atoms with E-state index in [2.05, 4.69) is 15.1 Å². The fraction of sp³-hybridized carbons (Fsp3) is 0.167. The molecule has 0 fully saturated rings. The Balaban J connectivity index is 1.99. The lowest BCUT2D eigenvalue weighted by atomic mass is 10.1. The summed E-state index contributed by atoms with van der Waals surface area (Å²) in [5.41, 5.74) is 6.94. The maximum atomic E-state index is 13.7. The number of nitrogens with two attached hydrogens (primary N) is 1. The molecule has 0 bridgehead atoms. The predicted octanol–water partition coefficient (Wildman–Crippen LogP) is 1.74. The van der Waals surface area contributed by atoms with E-state index in [1.54, 1.807) is 12.3 Å². The Hall–Kier alpha value is -2.21. The van der Waals surface area contributed by atoms with Gasteiger partial charge in [-0.3, -0.25) is 0 Å². The molecule has 0 saturated carbocycles. The molecule has 5 nitrogen and oxygen atoms in total. The molecule has 0 aliphatic carbocycles. The van der Waals surface area contributed by atoms with Gasteiger partial charge in [-0.05, 0) is 17.7 Å². The van der Waals surface area contributed by atoms with Crippen LogP contribution in [0.5, 0.6) is 0 Å². The fourth-order valence-corrected chi connectivity index (χ4v) is 1.96. The molecule has 0 atom stereocenters. The van der Waals surface area contributed by atoms with Crippen LogP contribution < -0.4 is 5.73 Å². The molecule has 6 heteroatoms. The highest BCUT2D eigenvalue weighted by Gasteiger charge is 2.12. The van der Waals surface area contributed by atoms with Gasteiger partial charge in [-0.1, -0.05) is 11.2 Å². The number of nitrogens with one attached hydrogen (secondary N) is 1. The van der Waals surface area contributed by atoms with E-state index in [0.717, 1.165) is 11.1 Å². The number of fused-ring (bicyclic) bond motifs is 1. The fourth-order valence-electron chi connectivity index (χ4n) is 1.96. The maximum absolute atomic E-state index is 13.7. The van der Waals surface area contributed by atoms with Gasteiger partial charge < -0.3 is 15.2 Å². The SMILES string of the molecule is NCc1nc(Cc2c[nH]c3cccc(F)c23)no1. The Bertz CT molecular complexity index is 688. The molecule has 3 rings (SSSR count). The summed E-state index contributed by atoms with van der Waals surface area (Å²) < 4.78 is 18.7. The Labute approximate surface area is 102 Å². The molecule has 3 aromatic rings. The number of aromatic nitrogens is 3. The number of halogens is 1. The molecule has 2 heterocycles. The first kappa shape index (κ1) is 10.9. The summed E-state index contributed by atoms with van der Waals surface area (Å²) in [6, 6.07) is 4.92. The molecular formula is C12H11FN4O. The van der Waals surface area contributed by atoms with Gasteiger partial charge in [0.05, 0.1) is 6.54 Å². The molecule has 92 valence electrons. The first-order valence-electron chi connectivity index (χ1n) is 5.54. The Morgan fingerprint density at radius 3 is 3.06 bits per heavy atom. The van der Waals surface area contributed by atoms with Crippen molar-refractivity contribution in [3.8, 4) is 0 Å². The predicted molar refractivity (Wildman–Crippen MR) is 63.3 cm³/mol. The number of benzene rings is 1. The summed E-state index contributed by atoms with van der Waals surface area (Å²) in [6.07, 6.45) is 2.16. The molecule has 0 saturated heterocycles. The van der Waals surface area contributed by atoms with Crippen LogP contribution in [-0.2, 0) is 13.0 Å². The summed E-state index contributed by atoms with van der Waals surface area (Å²) >= 11 is 0. The Morgan fingerprint density at radius 1 is 1.39 bits per heavy atom. The molecule has 3 N–H and O–H groups in total. The normalized spacial score (nSPS) is 11.2. The highest BCUT2D eigenvalue weighted by Crippen LogP contribution is 2.23. The van der Waals surface area contributed by atoms with Crippen LogP contribution in [-0.4, -0.2) is 15.1 Å². The van der Waals surface area contributed by atoms with E-state index in [4.69, 9.17) is 10.3 Å². The first-order chi connectivity index (χ1) is 8.78. The quantitative estimate of drug-likeness (QED) is 0.737. The second kappa shape index (κ2) is 4.23. The molecule has 0 unspecified atom stereocenters. The lowest BCUT2D eigenvalue weighted by Gasteiger charge is -1.96. The van der Waals surface area contributed by atoms with Gasteiger partial charge in [0.15, 0.2) is 5.82 Å². The van der Waals surface area contributed by atoms with Crippen LogP contribution in [0.15, 0.2) is 28.9 Å². The van der Waals surface area contributed by atoms with E-state index in [1.165, 1.54) is 6.07 Å². The highest BCUT2D eigenvalue weighted by molar-refractivity contribution is 5.84. The van der Waals surface area contributed by atoms with Crippen LogP contribution in [0.1, 0.15) is 17.3 Å². The number of rotatable bonds is 3. The van der Waals surface area contributed by atoms with Crippen LogP contribution in [0, 0.1) is 5.82 Å². The van der Waals surface area contributed by atoms with Gasteiger partial charge in [-0.25, -0.2) is 4.39 Å². The third-order valence-corrected chi connectivity index (χ3v) is 2.77. The van der Waals surface area contributed by atoms with Crippen LogP contribution in [0.25, 0.3) is 10.9 Å². The Morgan fingerprint density at radius 2 is 2.28 bits per heavy atom. The van der Waals surface area contributed by atoms with Gasteiger partial charge in [0, 0.05) is 23.5 Å². The van der Waals surface area contributed by atoms with Crippen molar-refractivity contribution in [1.82, 2.24) is 15.1 Å². The van der Waals surface area contributed by atoms with Gasteiger partial charge >= 0.3 is 0 Å². The van der Waals surface area contributed by atoms with E-state index in [9.17, 15) is 4.39 Å². The summed E-state index contributed by atoms with van der Waals surface area (Å²) in [4.78, 5) is 7.12. The standard InChI is InChI=1S/C12H11FN4O/c13-8-2-1-3-9-12(8)7(6-15-9)4-10-16-11(5-14)18-17-10/h1-3,6,15H,4-5,14H2. The molecular weight excluding hydrogens is 235 g/mol. The molecule has 0 spiro atoms. The van der Waals surface area contributed by atoms with E-state index < -0.39 is 0 Å². The molecule has 1 aromatic carbocycles.